The number of hydrogen-bond donors (Lipinski definition) is 0. The highest BCUT2D eigenvalue weighted by Crippen LogP contribution is 2.34. The van der Waals surface area contributed by atoms with Gasteiger partial charge in [0.05, 0.1) is 5.56 Å². The molecular weight excluding hydrogens is 420 g/mol. The highest BCUT2D eigenvalue weighted by Gasteiger charge is 2.28. The lowest BCUT2D eigenvalue weighted by atomic mass is 9.76. The zero-order valence-corrected chi connectivity index (χ0v) is 19.3. The Morgan fingerprint density at radius 1 is 1.06 bits per heavy atom. The molecule has 1 heterocycles. The summed E-state index contributed by atoms with van der Waals surface area (Å²) in [6.07, 6.45) is 10.9. The van der Waals surface area contributed by atoms with Gasteiger partial charge in [-0.2, -0.15) is 4.98 Å². The molecule has 1 saturated carbocycles. The molecule has 3 aromatic rings. The van der Waals surface area contributed by atoms with Crippen molar-refractivity contribution in [2.75, 3.05) is 14.1 Å². The fourth-order valence-corrected chi connectivity index (χ4v) is 4.90. The molecule has 1 unspecified atom stereocenters. The van der Waals surface area contributed by atoms with E-state index in [1.807, 2.05) is 6.08 Å². The highest BCUT2D eigenvalue weighted by molar-refractivity contribution is 5.56. The van der Waals surface area contributed by atoms with Gasteiger partial charge in [0.1, 0.15) is 11.6 Å². The first-order valence-corrected chi connectivity index (χ1v) is 11.7. The van der Waals surface area contributed by atoms with Crippen LogP contribution in [0.25, 0.3) is 17.5 Å². The average Bonchev–Trinajstić information content (AvgIpc) is 3.28. The molecule has 0 bridgehead atoms. The van der Waals surface area contributed by atoms with Crippen molar-refractivity contribution in [1.29, 1.82) is 0 Å². The SMILES string of the molecule is CN(C)C(CCc1ccccc1)C1CCC(C=Cc2nc(-c3ccc(F)cc3F)no2)CC1. The van der Waals surface area contributed by atoms with E-state index < -0.39 is 11.6 Å². The first-order chi connectivity index (χ1) is 16.0. The van der Waals surface area contributed by atoms with Crippen molar-refractivity contribution in [2.45, 2.75) is 44.6 Å². The molecule has 1 atom stereocenters. The third-order valence-electron chi connectivity index (χ3n) is 6.72. The molecule has 0 N–H and O–H groups in total. The van der Waals surface area contributed by atoms with Crippen LogP contribution >= 0.6 is 0 Å². The monoisotopic (exact) mass is 451 g/mol. The highest BCUT2D eigenvalue weighted by atomic mass is 19.1. The zero-order valence-electron chi connectivity index (χ0n) is 19.3. The third kappa shape index (κ3) is 6.14. The predicted molar refractivity (Wildman–Crippen MR) is 126 cm³/mol. The van der Waals surface area contributed by atoms with Gasteiger partial charge in [-0.25, -0.2) is 8.78 Å². The third-order valence-corrected chi connectivity index (χ3v) is 6.72. The van der Waals surface area contributed by atoms with Crippen LogP contribution in [0, 0.1) is 23.5 Å². The summed E-state index contributed by atoms with van der Waals surface area (Å²) >= 11 is 0. The smallest absolute Gasteiger partial charge is 0.250 e. The molecule has 4 nitrogen and oxygen atoms in total. The molecule has 1 fully saturated rings. The standard InChI is InChI=1S/C27H31F2N3O/c1-32(2)25(16-10-19-6-4-3-5-7-19)21-12-8-20(9-13-21)11-17-26-30-27(31-33-26)23-15-14-22(28)18-24(23)29/h3-7,11,14-15,17-18,20-21,25H,8-10,12-13,16H2,1-2H3. The van der Waals surface area contributed by atoms with Gasteiger partial charge in [-0.3, -0.25) is 0 Å². The van der Waals surface area contributed by atoms with Crippen LogP contribution in [0.5, 0.6) is 0 Å². The second kappa shape index (κ2) is 10.8. The summed E-state index contributed by atoms with van der Waals surface area (Å²) in [5.41, 5.74) is 1.53. The van der Waals surface area contributed by atoms with E-state index in [0.29, 0.717) is 23.8 Å². The summed E-state index contributed by atoms with van der Waals surface area (Å²) < 4.78 is 32.3. The molecule has 1 aliphatic rings. The normalized spacial score (nSPS) is 19.9. The minimum atomic E-state index is -0.702. The lowest BCUT2D eigenvalue weighted by Gasteiger charge is -2.37. The Hall–Kier alpha value is -2.86. The molecule has 33 heavy (non-hydrogen) atoms. The van der Waals surface area contributed by atoms with Gasteiger partial charge in [-0.05, 0) is 88.2 Å². The minimum Gasteiger partial charge on any atom is -0.334 e. The molecule has 4 rings (SSSR count). The van der Waals surface area contributed by atoms with Crippen LogP contribution in [-0.2, 0) is 6.42 Å². The first-order valence-electron chi connectivity index (χ1n) is 11.7. The molecule has 2 aromatic carbocycles. The lowest BCUT2D eigenvalue weighted by Crippen LogP contribution is -2.37. The van der Waals surface area contributed by atoms with Crippen molar-refractivity contribution in [1.82, 2.24) is 15.0 Å². The van der Waals surface area contributed by atoms with Crippen LogP contribution in [0.2, 0.25) is 0 Å². The van der Waals surface area contributed by atoms with Crippen LogP contribution in [-0.4, -0.2) is 35.2 Å². The number of halogens is 2. The summed E-state index contributed by atoms with van der Waals surface area (Å²) in [5, 5.41) is 3.84. The Balaban J connectivity index is 1.31. The molecule has 6 heteroatoms. The van der Waals surface area contributed by atoms with Crippen molar-refractivity contribution >= 4 is 6.08 Å². The lowest BCUT2D eigenvalue weighted by molar-refractivity contribution is 0.150. The summed E-state index contributed by atoms with van der Waals surface area (Å²) in [4.78, 5) is 6.63. The van der Waals surface area contributed by atoms with Crippen molar-refractivity contribution in [3.05, 3.63) is 77.7 Å². The number of rotatable bonds is 8. The molecule has 0 radical (unpaired) electrons. The number of allylic oxidation sites excluding steroid dienone is 1. The van der Waals surface area contributed by atoms with Crippen LogP contribution in [0.1, 0.15) is 43.6 Å². The van der Waals surface area contributed by atoms with Crippen LogP contribution in [0.4, 0.5) is 8.78 Å². The van der Waals surface area contributed by atoms with Crippen molar-refractivity contribution in [3.63, 3.8) is 0 Å². The quantitative estimate of drug-likeness (QED) is 0.398. The van der Waals surface area contributed by atoms with Crippen molar-refractivity contribution in [2.24, 2.45) is 11.8 Å². The molecule has 0 spiro atoms. The van der Waals surface area contributed by atoms with E-state index in [9.17, 15) is 8.78 Å². The minimum absolute atomic E-state index is 0.128. The van der Waals surface area contributed by atoms with Gasteiger partial charge in [0.2, 0.25) is 5.82 Å². The Kier molecular flexibility index (Phi) is 7.65. The molecule has 1 aromatic heterocycles. The fraction of sp³-hybridized carbons (Fsp3) is 0.407. The van der Waals surface area contributed by atoms with E-state index in [1.54, 1.807) is 0 Å². The van der Waals surface area contributed by atoms with Crippen LogP contribution in [0.15, 0.2) is 59.1 Å². The summed E-state index contributed by atoms with van der Waals surface area (Å²) in [7, 11) is 4.39. The second-order valence-corrected chi connectivity index (χ2v) is 9.17. The maximum atomic E-state index is 13.9. The summed E-state index contributed by atoms with van der Waals surface area (Å²) in [6.45, 7) is 0. The van der Waals surface area contributed by atoms with E-state index >= 15 is 0 Å². The average molecular weight is 452 g/mol. The van der Waals surface area contributed by atoms with E-state index in [0.717, 1.165) is 25.3 Å². The van der Waals surface area contributed by atoms with Crippen LogP contribution in [0.3, 0.4) is 0 Å². The largest absolute Gasteiger partial charge is 0.334 e. The van der Waals surface area contributed by atoms with E-state index in [2.05, 4.69) is 65.5 Å². The van der Waals surface area contributed by atoms with Crippen molar-refractivity contribution in [3.8, 4) is 11.4 Å². The zero-order chi connectivity index (χ0) is 23.2. The van der Waals surface area contributed by atoms with Gasteiger partial charge >= 0.3 is 0 Å². The Bertz CT molecular complexity index is 1060. The Morgan fingerprint density at radius 3 is 2.52 bits per heavy atom. The molecule has 1 aliphatic carbocycles. The number of nitrogens with zero attached hydrogens (tertiary/aromatic N) is 3. The van der Waals surface area contributed by atoms with E-state index in [4.69, 9.17) is 4.52 Å². The van der Waals surface area contributed by atoms with Crippen molar-refractivity contribution < 1.29 is 13.3 Å². The molecule has 174 valence electrons. The van der Waals surface area contributed by atoms with Gasteiger partial charge in [-0.1, -0.05) is 41.6 Å². The molecule has 0 amide bonds. The van der Waals surface area contributed by atoms with Gasteiger partial charge in [-0.15, -0.1) is 0 Å². The Morgan fingerprint density at radius 2 is 1.82 bits per heavy atom. The van der Waals surface area contributed by atoms with Crippen LogP contribution < -0.4 is 0 Å². The molecular formula is C27H31F2N3O. The maximum absolute atomic E-state index is 13.9. The van der Waals surface area contributed by atoms with Gasteiger partial charge in [0.25, 0.3) is 5.89 Å². The summed E-state index contributed by atoms with van der Waals surface area (Å²) in [6, 6.07) is 14.6. The molecule has 0 aliphatic heterocycles. The van der Waals surface area contributed by atoms with Gasteiger partial charge < -0.3 is 9.42 Å². The van der Waals surface area contributed by atoms with Gasteiger partial charge in [0, 0.05) is 12.1 Å². The molecule has 0 saturated heterocycles. The number of aryl methyl sites for hydroxylation is 1. The number of aromatic nitrogens is 2. The predicted octanol–water partition coefficient (Wildman–Crippen LogP) is 6.40. The Labute approximate surface area is 194 Å². The van der Waals surface area contributed by atoms with Gasteiger partial charge in [0.15, 0.2) is 0 Å². The number of hydrogen-bond acceptors (Lipinski definition) is 4. The second-order valence-electron chi connectivity index (χ2n) is 9.17. The fourth-order valence-electron chi connectivity index (χ4n) is 4.90. The first kappa shape index (κ1) is 23.3. The topological polar surface area (TPSA) is 42.2 Å². The van der Waals surface area contributed by atoms with E-state index in [1.165, 1.54) is 37.0 Å². The van der Waals surface area contributed by atoms with E-state index in [-0.39, 0.29) is 11.4 Å². The maximum Gasteiger partial charge on any atom is 0.250 e. The summed E-state index contributed by atoms with van der Waals surface area (Å²) in [5.74, 6) is 0.299. The number of benzene rings is 2.